The van der Waals surface area contributed by atoms with Gasteiger partial charge in [0, 0.05) is 43.2 Å². The lowest BCUT2D eigenvalue weighted by molar-refractivity contribution is 0.694. The summed E-state index contributed by atoms with van der Waals surface area (Å²) in [6.07, 6.45) is 6.47. The fraction of sp³-hybridized carbons (Fsp3) is 0.0702. The molecule has 2 aromatic heterocycles. The summed E-state index contributed by atoms with van der Waals surface area (Å²) in [6.45, 7) is 2.18. The van der Waals surface area contributed by atoms with Crippen molar-refractivity contribution in [3.63, 3.8) is 0 Å². The van der Waals surface area contributed by atoms with E-state index in [0.717, 1.165) is 41.3 Å². The third-order valence-corrected chi connectivity index (χ3v) is 14.5. The molecule has 62 heavy (non-hydrogen) atoms. The summed E-state index contributed by atoms with van der Waals surface area (Å²) in [7, 11) is 0. The van der Waals surface area contributed by atoms with Crippen molar-refractivity contribution in [2.24, 2.45) is 0 Å². The first kappa shape index (κ1) is 35.4. The molecule has 0 fully saturated rings. The molecule has 0 atom stereocenters. The van der Waals surface area contributed by atoms with E-state index in [0.29, 0.717) is 0 Å². The molecule has 0 N–H and O–H groups in total. The van der Waals surface area contributed by atoms with Crippen LogP contribution in [0.4, 0.5) is 17.1 Å². The van der Waals surface area contributed by atoms with Crippen LogP contribution in [0.3, 0.4) is 0 Å². The molecule has 1 spiro atoms. The topological polar surface area (TPSA) is 26.0 Å². The number of aromatic nitrogens is 3. The van der Waals surface area contributed by atoms with Gasteiger partial charge in [0.25, 0.3) is 0 Å². The predicted molar refractivity (Wildman–Crippen MR) is 256 cm³/mol. The summed E-state index contributed by atoms with van der Waals surface area (Å²) >= 11 is 1.91. The van der Waals surface area contributed by atoms with Crippen LogP contribution in [0.5, 0.6) is 0 Å². The summed E-state index contributed by atoms with van der Waals surface area (Å²) < 4.78 is 4.84. The first-order valence-corrected chi connectivity index (χ1v) is 22.3. The van der Waals surface area contributed by atoms with Gasteiger partial charge in [-0.1, -0.05) is 133 Å². The number of allylic oxidation sites excluding steroid dienone is 1. The van der Waals surface area contributed by atoms with E-state index in [1.165, 1.54) is 82.2 Å². The number of anilines is 3. The van der Waals surface area contributed by atoms with E-state index in [1.807, 2.05) is 11.8 Å². The molecule has 2 aliphatic heterocycles. The number of para-hydroxylation sites is 4. The van der Waals surface area contributed by atoms with E-state index in [9.17, 15) is 0 Å². The number of hydrogen-bond acceptors (Lipinski definition) is 3. The van der Waals surface area contributed by atoms with Gasteiger partial charge in [-0.15, -0.1) is 0 Å². The van der Waals surface area contributed by atoms with Crippen LogP contribution < -0.4 is 4.90 Å². The van der Waals surface area contributed by atoms with Gasteiger partial charge in [0.1, 0.15) is 5.82 Å². The highest BCUT2D eigenvalue weighted by atomic mass is 32.2. The Morgan fingerprint density at radius 3 is 2.02 bits per heavy atom. The molecule has 0 amide bonds. The zero-order valence-corrected chi connectivity index (χ0v) is 35.0. The molecule has 0 saturated carbocycles. The molecule has 4 heterocycles. The number of aryl methyl sites for hydroxylation is 2. The van der Waals surface area contributed by atoms with Crippen LogP contribution in [0, 0.1) is 6.92 Å². The highest BCUT2D eigenvalue weighted by Crippen LogP contribution is 2.64. The van der Waals surface area contributed by atoms with E-state index in [-0.39, 0.29) is 0 Å². The van der Waals surface area contributed by atoms with Crippen LogP contribution >= 0.6 is 11.8 Å². The van der Waals surface area contributed by atoms with Crippen LogP contribution in [0.1, 0.15) is 45.6 Å². The average molecular weight is 813 g/mol. The Hall–Kier alpha value is -7.34. The lowest BCUT2D eigenvalue weighted by Gasteiger charge is -2.49. The standard InChI is InChI=1S/C57H40N4S/c1-37-16-15-19-41(36-37)59-50-26-11-6-21-44(50)57(45-22-7-12-27-51(45)59)46-23-8-14-29-53(46)62-55-47(57)35-34-43-42-20-5-10-25-49(42)60(54(43)55)40-32-30-38(31-33-40)56-58-48-24-9-13-28-52(48)61(56)39-17-3-2-4-18-39/h2-8,10-23,25-36H,9,24H2,1H3. The molecule has 10 aromatic rings. The van der Waals surface area contributed by atoms with E-state index in [1.54, 1.807) is 0 Å². The average Bonchev–Trinajstić information content (AvgIpc) is 3.89. The molecular formula is C57H40N4S. The quantitative estimate of drug-likeness (QED) is 0.177. The van der Waals surface area contributed by atoms with Crippen molar-refractivity contribution >= 4 is 56.7 Å². The summed E-state index contributed by atoms with van der Waals surface area (Å²) in [6, 6.07) is 69.7. The van der Waals surface area contributed by atoms with Crippen molar-refractivity contribution in [2.45, 2.75) is 35.0 Å². The van der Waals surface area contributed by atoms with Crippen LogP contribution in [0.25, 0.3) is 50.6 Å². The normalized spacial score (nSPS) is 14.4. The van der Waals surface area contributed by atoms with E-state index in [2.05, 4.69) is 221 Å². The second kappa shape index (κ2) is 13.6. The van der Waals surface area contributed by atoms with Gasteiger partial charge in [0.05, 0.1) is 39.2 Å². The predicted octanol–water partition coefficient (Wildman–Crippen LogP) is 14.5. The van der Waals surface area contributed by atoms with Crippen LogP contribution in [0.2, 0.25) is 0 Å². The Morgan fingerprint density at radius 1 is 0.548 bits per heavy atom. The van der Waals surface area contributed by atoms with Gasteiger partial charge in [0.2, 0.25) is 0 Å². The summed E-state index contributed by atoms with van der Waals surface area (Å²) in [5, 5.41) is 2.50. The summed E-state index contributed by atoms with van der Waals surface area (Å²) in [5.74, 6) is 0.974. The van der Waals surface area contributed by atoms with Crippen molar-refractivity contribution in [1.29, 1.82) is 0 Å². The van der Waals surface area contributed by atoms with Crippen molar-refractivity contribution in [2.75, 3.05) is 4.90 Å². The largest absolute Gasteiger partial charge is 0.310 e. The molecular weight excluding hydrogens is 773 g/mol. The van der Waals surface area contributed by atoms with Gasteiger partial charge < -0.3 is 9.47 Å². The van der Waals surface area contributed by atoms with E-state index < -0.39 is 5.41 Å². The van der Waals surface area contributed by atoms with Crippen LogP contribution in [0.15, 0.2) is 204 Å². The van der Waals surface area contributed by atoms with Gasteiger partial charge in [0.15, 0.2) is 0 Å². The lowest BCUT2D eigenvalue weighted by Crippen LogP contribution is -2.39. The fourth-order valence-corrected chi connectivity index (χ4v) is 12.1. The van der Waals surface area contributed by atoms with Crippen molar-refractivity contribution in [3.05, 3.63) is 233 Å². The number of hydrogen-bond donors (Lipinski definition) is 0. The Kier molecular flexibility index (Phi) is 7.76. The van der Waals surface area contributed by atoms with Crippen LogP contribution in [-0.4, -0.2) is 14.1 Å². The van der Waals surface area contributed by atoms with Gasteiger partial charge >= 0.3 is 0 Å². The smallest absolute Gasteiger partial charge is 0.145 e. The third-order valence-electron chi connectivity index (χ3n) is 13.3. The molecule has 0 bridgehead atoms. The zero-order valence-electron chi connectivity index (χ0n) is 34.2. The van der Waals surface area contributed by atoms with E-state index in [4.69, 9.17) is 4.98 Å². The molecule has 4 nitrogen and oxygen atoms in total. The van der Waals surface area contributed by atoms with Gasteiger partial charge in [-0.05, 0) is 126 Å². The summed E-state index contributed by atoms with van der Waals surface area (Å²) in [5.41, 5.74) is 17.5. The van der Waals surface area contributed by atoms with Crippen LogP contribution in [-0.2, 0) is 11.8 Å². The lowest BCUT2D eigenvalue weighted by atomic mass is 9.62. The number of rotatable bonds is 4. The maximum absolute atomic E-state index is 5.28. The maximum atomic E-state index is 5.28. The monoisotopic (exact) mass is 812 g/mol. The van der Waals surface area contributed by atoms with Crippen molar-refractivity contribution in [1.82, 2.24) is 14.1 Å². The molecule has 0 saturated heterocycles. The molecule has 0 unspecified atom stereocenters. The number of imidazole rings is 1. The highest BCUT2D eigenvalue weighted by Gasteiger charge is 2.51. The first-order chi connectivity index (χ1) is 30.7. The van der Waals surface area contributed by atoms with Gasteiger partial charge in [-0.2, -0.15) is 0 Å². The molecule has 294 valence electrons. The Morgan fingerprint density at radius 2 is 1.23 bits per heavy atom. The zero-order chi connectivity index (χ0) is 40.9. The Bertz CT molecular complexity index is 3420. The molecule has 8 aromatic carbocycles. The third kappa shape index (κ3) is 4.94. The maximum Gasteiger partial charge on any atom is 0.145 e. The Labute approximate surface area is 365 Å². The number of nitrogens with zero attached hydrogens (tertiary/aromatic N) is 4. The highest BCUT2D eigenvalue weighted by molar-refractivity contribution is 7.99. The van der Waals surface area contributed by atoms with Crippen molar-refractivity contribution in [3.8, 4) is 22.8 Å². The second-order valence-electron chi connectivity index (χ2n) is 16.7. The molecule has 1 aliphatic carbocycles. The minimum Gasteiger partial charge on any atom is -0.310 e. The van der Waals surface area contributed by atoms with Gasteiger partial charge in [-0.25, -0.2) is 4.98 Å². The fourth-order valence-electron chi connectivity index (χ4n) is 10.7. The molecule has 0 radical (unpaired) electrons. The summed E-state index contributed by atoms with van der Waals surface area (Å²) in [4.78, 5) is 10.3. The second-order valence-corrected chi connectivity index (χ2v) is 17.7. The number of fused-ring (bicyclic) bond motifs is 13. The SMILES string of the molecule is Cc1cccc(N2c3ccccc3C3(c4ccccc4Sc4c3ccc3c5ccccc5n(-c5ccc(-c6nc7c(n6-c6ccccc6)C=CCC7)cc5)c43)c3ccccc32)c1. The first-order valence-electron chi connectivity index (χ1n) is 21.5. The van der Waals surface area contributed by atoms with Gasteiger partial charge in [-0.3, -0.25) is 4.57 Å². The molecule has 5 heteroatoms. The minimum absolute atomic E-state index is 0.577. The Balaban J connectivity index is 1.07. The van der Waals surface area contributed by atoms with E-state index >= 15 is 0 Å². The molecule has 13 rings (SSSR count). The van der Waals surface area contributed by atoms with Crippen molar-refractivity contribution < 1.29 is 0 Å². The molecule has 3 aliphatic rings. The number of benzene rings is 8. The minimum atomic E-state index is -0.577.